The second-order valence-corrected chi connectivity index (χ2v) is 4.02. The zero-order valence-electron chi connectivity index (χ0n) is 10.4. The van der Waals surface area contributed by atoms with Gasteiger partial charge < -0.3 is 15.0 Å². The van der Waals surface area contributed by atoms with Gasteiger partial charge in [-0.25, -0.2) is 9.37 Å². The van der Waals surface area contributed by atoms with Crippen LogP contribution in [0.2, 0.25) is 0 Å². The minimum Gasteiger partial charge on any atom is -0.494 e. The topological polar surface area (TPSA) is 53.1 Å². The zero-order valence-corrected chi connectivity index (χ0v) is 10.4. The molecule has 5 heteroatoms. The fourth-order valence-electron chi connectivity index (χ4n) is 1.80. The second kappa shape index (κ2) is 5.18. The molecule has 0 spiro atoms. The maximum atomic E-state index is 13.4. The lowest BCUT2D eigenvalue weighted by Gasteiger charge is -2.13. The van der Waals surface area contributed by atoms with E-state index in [1.165, 1.54) is 13.2 Å². The average Bonchev–Trinajstić information content (AvgIpc) is 2.87. The summed E-state index contributed by atoms with van der Waals surface area (Å²) in [7, 11) is 1.44. The molecule has 2 N–H and O–H groups in total. The first-order chi connectivity index (χ1) is 8.67. The molecule has 0 aliphatic heterocycles. The van der Waals surface area contributed by atoms with Crippen molar-refractivity contribution in [3.63, 3.8) is 0 Å². The number of nitrogens with zero attached hydrogens (tertiary/aromatic N) is 2. The SMILES string of the molecule is CC[C@@H](N)c1cncn1-c1ccc(F)c(OC)c1. The Kier molecular flexibility index (Phi) is 3.62. The Balaban J connectivity index is 2.46. The quantitative estimate of drug-likeness (QED) is 0.905. The van der Waals surface area contributed by atoms with Crippen molar-refractivity contribution in [1.29, 1.82) is 0 Å². The Morgan fingerprint density at radius 2 is 2.28 bits per heavy atom. The number of halogens is 1. The van der Waals surface area contributed by atoms with Crippen LogP contribution in [0.1, 0.15) is 25.1 Å². The highest BCUT2D eigenvalue weighted by molar-refractivity contribution is 5.41. The number of methoxy groups -OCH3 is 1. The number of aromatic nitrogens is 2. The summed E-state index contributed by atoms with van der Waals surface area (Å²) in [5.41, 5.74) is 7.69. The normalized spacial score (nSPS) is 12.4. The third-order valence-electron chi connectivity index (χ3n) is 2.90. The Bertz CT molecular complexity index is 539. The van der Waals surface area contributed by atoms with Gasteiger partial charge in [-0.1, -0.05) is 6.92 Å². The van der Waals surface area contributed by atoms with Crippen molar-refractivity contribution < 1.29 is 9.13 Å². The maximum Gasteiger partial charge on any atom is 0.165 e. The van der Waals surface area contributed by atoms with Crippen LogP contribution in [-0.4, -0.2) is 16.7 Å². The van der Waals surface area contributed by atoms with Gasteiger partial charge in [-0.2, -0.15) is 0 Å². The third-order valence-corrected chi connectivity index (χ3v) is 2.90. The second-order valence-electron chi connectivity index (χ2n) is 4.02. The molecule has 2 aromatic rings. The number of hydrogen-bond acceptors (Lipinski definition) is 3. The van der Waals surface area contributed by atoms with Gasteiger partial charge in [0.25, 0.3) is 0 Å². The van der Waals surface area contributed by atoms with E-state index in [2.05, 4.69) is 4.98 Å². The molecule has 18 heavy (non-hydrogen) atoms. The summed E-state index contributed by atoms with van der Waals surface area (Å²) >= 11 is 0. The molecule has 96 valence electrons. The molecule has 1 aromatic heterocycles. The molecule has 0 aliphatic rings. The highest BCUT2D eigenvalue weighted by Gasteiger charge is 2.12. The number of ether oxygens (including phenoxy) is 1. The van der Waals surface area contributed by atoms with Crippen LogP contribution in [0.5, 0.6) is 5.75 Å². The summed E-state index contributed by atoms with van der Waals surface area (Å²) in [4.78, 5) is 4.09. The molecule has 0 unspecified atom stereocenters. The largest absolute Gasteiger partial charge is 0.494 e. The van der Waals surface area contributed by atoms with Crippen molar-refractivity contribution in [2.75, 3.05) is 7.11 Å². The first kappa shape index (κ1) is 12.6. The minimum atomic E-state index is -0.386. The Hall–Kier alpha value is -1.88. The Morgan fingerprint density at radius 3 is 2.94 bits per heavy atom. The first-order valence-corrected chi connectivity index (χ1v) is 5.79. The van der Waals surface area contributed by atoms with Crippen LogP contribution in [0.3, 0.4) is 0 Å². The standard InChI is InChI=1S/C13H16FN3O/c1-3-11(15)12-7-16-8-17(12)9-4-5-10(14)13(6-9)18-2/h4-8,11H,3,15H2,1-2H3/t11-/m1/s1. The van der Waals surface area contributed by atoms with Gasteiger partial charge >= 0.3 is 0 Å². The number of benzene rings is 1. The van der Waals surface area contributed by atoms with Crippen LogP contribution in [-0.2, 0) is 0 Å². The number of hydrogen-bond donors (Lipinski definition) is 1. The third kappa shape index (κ3) is 2.22. The van der Waals surface area contributed by atoms with E-state index < -0.39 is 0 Å². The first-order valence-electron chi connectivity index (χ1n) is 5.79. The van der Waals surface area contributed by atoms with Crippen LogP contribution < -0.4 is 10.5 Å². The van der Waals surface area contributed by atoms with Gasteiger partial charge in [-0.3, -0.25) is 0 Å². The van der Waals surface area contributed by atoms with Gasteiger partial charge in [0.15, 0.2) is 11.6 Å². The molecule has 0 bridgehead atoms. The Morgan fingerprint density at radius 1 is 1.50 bits per heavy atom. The molecule has 0 saturated carbocycles. The number of imidazole rings is 1. The van der Waals surface area contributed by atoms with E-state index in [-0.39, 0.29) is 17.6 Å². The molecule has 1 heterocycles. The number of rotatable bonds is 4. The van der Waals surface area contributed by atoms with Gasteiger partial charge in [-0.15, -0.1) is 0 Å². The maximum absolute atomic E-state index is 13.4. The molecule has 1 atom stereocenters. The molecule has 1 aromatic carbocycles. The molecule has 0 aliphatic carbocycles. The van der Waals surface area contributed by atoms with Crippen LogP contribution in [0.15, 0.2) is 30.7 Å². The molecule has 0 radical (unpaired) electrons. The number of nitrogens with two attached hydrogens (primary N) is 1. The van der Waals surface area contributed by atoms with Crippen LogP contribution in [0.25, 0.3) is 5.69 Å². The molecule has 2 rings (SSSR count). The van der Waals surface area contributed by atoms with Crippen molar-refractivity contribution in [1.82, 2.24) is 9.55 Å². The monoisotopic (exact) mass is 249 g/mol. The van der Waals surface area contributed by atoms with E-state index in [1.807, 2.05) is 11.5 Å². The van der Waals surface area contributed by atoms with E-state index in [0.29, 0.717) is 0 Å². The van der Waals surface area contributed by atoms with E-state index in [0.717, 1.165) is 17.8 Å². The van der Waals surface area contributed by atoms with Gasteiger partial charge in [0.2, 0.25) is 0 Å². The van der Waals surface area contributed by atoms with Crippen molar-refractivity contribution in [2.45, 2.75) is 19.4 Å². The summed E-state index contributed by atoms with van der Waals surface area (Å²) in [6.45, 7) is 2.01. The van der Waals surface area contributed by atoms with E-state index in [1.54, 1.807) is 24.7 Å². The molecular weight excluding hydrogens is 233 g/mol. The zero-order chi connectivity index (χ0) is 13.1. The summed E-state index contributed by atoms with van der Waals surface area (Å²) in [6.07, 6.45) is 4.20. The molecule has 4 nitrogen and oxygen atoms in total. The van der Waals surface area contributed by atoms with E-state index in [4.69, 9.17) is 10.5 Å². The average molecular weight is 249 g/mol. The van der Waals surface area contributed by atoms with Gasteiger partial charge in [0.1, 0.15) is 0 Å². The molecule has 0 amide bonds. The fourth-order valence-corrected chi connectivity index (χ4v) is 1.80. The van der Waals surface area contributed by atoms with Gasteiger partial charge in [0, 0.05) is 12.1 Å². The summed E-state index contributed by atoms with van der Waals surface area (Å²) < 4.78 is 20.2. The summed E-state index contributed by atoms with van der Waals surface area (Å²) in [5.74, 6) is -0.181. The smallest absolute Gasteiger partial charge is 0.165 e. The lowest BCUT2D eigenvalue weighted by molar-refractivity contribution is 0.386. The van der Waals surface area contributed by atoms with E-state index >= 15 is 0 Å². The Labute approximate surface area is 105 Å². The summed E-state index contributed by atoms with van der Waals surface area (Å²) in [5, 5.41) is 0. The lowest BCUT2D eigenvalue weighted by Crippen LogP contribution is -2.13. The van der Waals surface area contributed by atoms with Crippen LogP contribution in [0.4, 0.5) is 4.39 Å². The van der Waals surface area contributed by atoms with Crippen LogP contribution in [0, 0.1) is 5.82 Å². The van der Waals surface area contributed by atoms with Crippen molar-refractivity contribution in [3.05, 3.63) is 42.2 Å². The van der Waals surface area contributed by atoms with Crippen molar-refractivity contribution in [3.8, 4) is 11.4 Å². The van der Waals surface area contributed by atoms with Gasteiger partial charge in [0.05, 0.1) is 31.0 Å². The minimum absolute atomic E-state index is 0.0939. The van der Waals surface area contributed by atoms with Crippen molar-refractivity contribution in [2.24, 2.45) is 5.73 Å². The molecule has 0 fully saturated rings. The molecular formula is C13H16FN3O. The molecule has 0 saturated heterocycles. The summed E-state index contributed by atoms with van der Waals surface area (Å²) in [6, 6.07) is 4.58. The van der Waals surface area contributed by atoms with E-state index in [9.17, 15) is 4.39 Å². The lowest BCUT2D eigenvalue weighted by atomic mass is 10.2. The highest BCUT2D eigenvalue weighted by Crippen LogP contribution is 2.23. The van der Waals surface area contributed by atoms with Crippen molar-refractivity contribution >= 4 is 0 Å². The highest BCUT2D eigenvalue weighted by atomic mass is 19.1. The predicted octanol–water partition coefficient (Wildman–Crippen LogP) is 2.43. The fraction of sp³-hybridized carbons (Fsp3) is 0.308. The predicted molar refractivity (Wildman–Crippen MR) is 67.3 cm³/mol. The van der Waals surface area contributed by atoms with Gasteiger partial charge in [-0.05, 0) is 18.6 Å². The van der Waals surface area contributed by atoms with Crippen LogP contribution >= 0.6 is 0 Å².